The van der Waals surface area contributed by atoms with Crippen LogP contribution < -0.4 is 4.90 Å². The minimum atomic E-state index is -1.70. The number of H-pyrrole nitrogens is 1. The second-order valence-electron chi connectivity index (χ2n) is 11.4. The van der Waals surface area contributed by atoms with Gasteiger partial charge in [0, 0.05) is 28.0 Å². The van der Waals surface area contributed by atoms with E-state index in [1.165, 1.54) is 4.90 Å². The van der Waals surface area contributed by atoms with Crippen molar-refractivity contribution in [1.29, 1.82) is 0 Å². The van der Waals surface area contributed by atoms with Crippen LogP contribution in [0.15, 0.2) is 42.5 Å². The Morgan fingerprint density at radius 2 is 1.62 bits per heavy atom. The lowest BCUT2D eigenvalue weighted by Gasteiger charge is -2.43. The zero-order valence-electron chi connectivity index (χ0n) is 21.8. The van der Waals surface area contributed by atoms with E-state index in [0.717, 1.165) is 21.4 Å². The third-order valence-electron chi connectivity index (χ3n) is 6.46. The van der Waals surface area contributed by atoms with Crippen LogP contribution in [0.25, 0.3) is 10.9 Å². The number of anilines is 1. The van der Waals surface area contributed by atoms with E-state index < -0.39 is 34.8 Å². The number of carbonyl (C=O) groups is 3. The number of aromatic amines is 1. The topological polar surface area (TPSA) is 91.9 Å². The highest BCUT2D eigenvalue weighted by molar-refractivity contribution is 6.31. The molecular formula is C28H30ClN3O5. The predicted octanol–water partition coefficient (Wildman–Crippen LogP) is 6.14. The SMILES string of the molecule is CC(C)(C)OC(=O)N1C(=O)[C@@]2(c3cc(Cl)ccc31)c1[nH]c3ccccc3c1CCN2C(=O)OC(C)(C)C. The lowest BCUT2D eigenvalue weighted by atomic mass is 9.80. The number of rotatable bonds is 0. The predicted molar refractivity (Wildman–Crippen MR) is 141 cm³/mol. The maximum absolute atomic E-state index is 14.6. The summed E-state index contributed by atoms with van der Waals surface area (Å²) in [5.74, 6) is -0.627. The van der Waals surface area contributed by atoms with Crippen LogP contribution in [-0.2, 0) is 26.2 Å². The highest BCUT2D eigenvalue weighted by atomic mass is 35.5. The third-order valence-corrected chi connectivity index (χ3v) is 6.69. The number of fused-ring (bicyclic) bond motifs is 6. The Labute approximate surface area is 220 Å². The minimum Gasteiger partial charge on any atom is -0.444 e. The van der Waals surface area contributed by atoms with Crippen molar-refractivity contribution in [3.63, 3.8) is 0 Å². The van der Waals surface area contributed by atoms with Gasteiger partial charge in [0.2, 0.25) is 0 Å². The standard InChI is InChI=1S/C28H30ClN3O5/c1-26(2,3)36-24(34)31-14-13-18-17-9-7-8-10-20(17)30-22(18)28(31)19-15-16(29)11-12-21(19)32(23(28)33)25(35)37-27(4,5)6/h7-12,15,30H,13-14H2,1-6H3/t28-/m1/s1. The summed E-state index contributed by atoms with van der Waals surface area (Å²) < 4.78 is 11.4. The minimum absolute atomic E-state index is 0.198. The van der Waals surface area contributed by atoms with Gasteiger partial charge in [-0.05, 0) is 77.8 Å². The van der Waals surface area contributed by atoms with Crippen LogP contribution >= 0.6 is 11.6 Å². The molecule has 2 aliphatic heterocycles. The molecule has 1 atom stereocenters. The number of nitrogens with one attached hydrogen (secondary N) is 1. The number of amides is 3. The number of benzene rings is 2. The van der Waals surface area contributed by atoms with Crippen LogP contribution in [0.5, 0.6) is 0 Å². The molecule has 0 bridgehead atoms. The van der Waals surface area contributed by atoms with Crippen molar-refractivity contribution in [2.24, 2.45) is 0 Å². The van der Waals surface area contributed by atoms with Crippen molar-refractivity contribution in [2.45, 2.75) is 64.7 Å². The molecule has 0 aliphatic carbocycles. The van der Waals surface area contributed by atoms with Gasteiger partial charge in [-0.3, -0.25) is 9.69 Å². The number of imide groups is 1. The van der Waals surface area contributed by atoms with Gasteiger partial charge < -0.3 is 14.5 Å². The maximum Gasteiger partial charge on any atom is 0.421 e. The molecule has 3 aromatic rings. The normalized spacial score (nSPS) is 19.3. The molecule has 9 heteroatoms. The highest BCUT2D eigenvalue weighted by Crippen LogP contribution is 2.53. The smallest absolute Gasteiger partial charge is 0.421 e. The van der Waals surface area contributed by atoms with Crippen molar-refractivity contribution in [3.8, 4) is 0 Å². The van der Waals surface area contributed by atoms with E-state index in [2.05, 4.69) is 4.98 Å². The number of hydrogen-bond acceptors (Lipinski definition) is 5. The maximum atomic E-state index is 14.6. The summed E-state index contributed by atoms with van der Waals surface area (Å²) in [5.41, 5.74) is -0.382. The Morgan fingerprint density at radius 1 is 0.973 bits per heavy atom. The third kappa shape index (κ3) is 3.94. The van der Waals surface area contributed by atoms with Gasteiger partial charge in [0.05, 0.1) is 11.4 Å². The van der Waals surface area contributed by atoms with Crippen LogP contribution in [-0.4, -0.2) is 45.7 Å². The molecule has 2 aliphatic rings. The Hall–Kier alpha value is -3.52. The summed E-state index contributed by atoms with van der Waals surface area (Å²) in [5, 5.41) is 1.32. The Balaban J connectivity index is 1.81. The van der Waals surface area contributed by atoms with Crippen LogP contribution in [0.3, 0.4) is 0 Å². The van der Waals surface area contributed by atoms with E-state index >= 15 is 0 Å². The van der Waals surface area contributed by atoms with E-state index in [0.29, 0.717) is 28.4 Å². The molecule has 0 fully saturated rings. The second-order valence-corrected chi connectivity index (χ2v) is 11.8. The monoisotopic (exact) mass is 523 g/mol. The molecule has 1 spiro atoms. The Bertz CT molecular complexity index is 1450. The quantitative estimate of drug-likeness (QED) is 0.382. The zero-order chi connectivity index (χ0) is 26.9. The molecule has 1 aromatic heterocycles. The van der Waals surface area contributed by atoms with Gasteiger partial charge >= 0.3 is 12.2 Å². The van der Waals surface area contributed by atoms with E-state index in [9.17, 15) is 14.4 Å². The van der Waals surface area contributed by atoms with Crippen LogP contribution in [0.1, 0.15) is 58.4 Å². The summed E-state index contributed by atoms with van der Waals surface area (Å²) in [6.07, 6.45) is -0.997. The molecule has 8 nitrogen and oxygen atoms in total. The van der Waals surface area contributed by atoms with Crippen molar-refractivity contribution in [2.75, 3.05) is 11.4 Å². The number of carbonyl (C=O) groups excluding carboxylic acids is 3. The molecular weight excluding hydrogens is 494 g/mol. The van der Waals surface area contributed by atoms with E-state index in [1.807, 2.05) is 24.3 Å². The second kappa shape index (κ2) is 8.25. The number of ether oxygens (including phenoxy) is 2. The Kier molecular flexibility index (Phi) is 5.60. The van der Waals surface area contributed by atoms with Gasteiger partial charge in [-0.1, -0.05) is 29.8 Å². The molecule has 0 unspecified atom stereocenters. The van der Waals surface area contributed by atoms with Crippen molar-refractivity contribution in [1.82, 2.24) is 9.88 Å². The van der Waals surface area contributed by atoms with Gasteiger partial charge in [-0.25, -0.2) is 14.5 Å². The van der Waals surface area contributed by atoms with E-state index in [4.69, 9.17) is 21.1 Å². The average molecular weight is 524 g/mol. The first-order chi connectivity index (χ1) is 17.2. The summed E-state index contributed by atoms with van der Waals surface area (Å²) in [4.78, 5) is 47.6. The van der Waals surface area contributed by atoms with Gasteiger partial charge in [0.25, 0.3) is 5.91 Å². The van der Waals surface area contributed by atoms with Crippen molar-refractivity contribution < 1.29 is 23.9 Å². The zero-order valence-corrected chi connectivity index (χ0v) is 22.5. The van der Waals surface area contributed by atoms with Gasteiger partial charge in [0.1, 0.15) is 11.2 Å². The molecule has 1 N–H and O–H groups in total. The van der Waals surface area contributed by atoms with E-state index in [1.54, 1.807) is 59.7 Å². The summed E-state index contributed by atoms with van der Waals surface area (Å²) in [7, 11) is 0. The van der Waals surface area contributed by atoms with Crippen LogP contribution in [0.4, 0.5) is 15.3 Å². The van der Waals surface area contributed by atoms with Crippen LogP contribution in [0.2, 0.25) is 5.02 Å². The van der Waals surface area contributed by atoms with Gasteiger partial charge in [-0.15, -0.1) is 0 Å². The van der Waals surface area contributed by atoms with Gasteiger partial charge in [-0.2, -0.15) is 0 Å². The largest absolute Gasteiger partial charge is 0.444 e. The first-order valence-corrected chi connectivity index (χ1v) is 12.6. The Morgan fingerprint density at radius 3 is 2.30 bits per heavy atom. The highest BCUT2D eigenvalue weighted by Gasteiger charge is 2.63. The number of hydrogen-bond donors (Lipinski definition) is 1. The molecule has 3 heterocycles. The summed E-state index contributed by atoms with van der Waals surface area (Å²) >= 11 is 6.46. The molecule has 0 radical (unpaired) electrons. The number of nitrogens with zero attached hydrogens (tertiary/aromatic N) is 2. The number of para-hydroxylation sites is 1. The molecule has 0 saturated heterocycles. The first kappa shape index (κ1) is 25.1. The van der Waals surface area contributed by atoms with Crippen LogP contribution in [0, 0.1) is 0 Å². The average Bonchev–Trinajstić information content (AvgIpc) is 3.26. The summed E-state index contributed by atoms with van der Waals surface area (Å²) in [6.45, 7) is 10.7. The molecule has 5 rings (SSSR count). The van der Waals surface area contributed by atoms with Crippen molar-refractivity contribution in [3.05, 3.63) is 64.3 Å². The fourth-order valence-corrected chi connectivity index (χ4v) is 5.38. The molecule has 0 saturated carbocycles. The first-order valence-electron chi connectivity index (χ1n) is 12.2. The fourth-order valence-electron chi connectivity index (χ4n) is 5.21. The van der Waals surface area contributed by atoms with E-state index in [-0.39, 0.29) is 6.54 Å². The van der Waals surface area contributed by atoms with Crippen molar-refractivity contribution >= 4 is 46.3 Å². The van der Waals surface area contributed by atoms with Gasteiger partial charge in [0.15, 0.2) is 5.54 Å². The number of aromatic nitrogens is 1. The molecule has 2 aromatic carbocycles. The molecule has 194 valence electrons. The molecule has 3 amide bonds. The number of halogens is 1. The lowest BCUT2D eigenvalue weighted by molar-refractivity contribution is -0.128. The fraction of sp³-hybridized carbons (Fsp3) is 0.393. The molecule has 37 heavy (non-hydrogen) atoms. The summed E-state index contributed by atoms with van der Waals surface area (Å²) in [6, 6.07) is 12.6. The lowest BCUT2D eigenvalue weighted by Crippen LogP contribution is -2.60.